The number of nitrogens with zero attached hydrogens (tertiary/aromatic N) is 1. The average Bonchev–Trinajstić information content (AvgIpc) is 3.11. The minimum atomic E-state index is 0.0311. The van der Waals surface area contributed by atoms with E-state index >= 15 is 0 Å². The number of benzene rings is 1. The van der Waals surface area contributed by atoms with Crippen LogP contribution in [0.25, 0.3) is 11.3 Å². The van der Waals surface area contributed by atoms with Crippen molar-refractivity contribution in [2.24, 2.45) is 5.92 Å². The zero-order chi connectivity index (χ0) is 14.7. The average molecular weight is 319 g/mol. The SMILES string of the molecule is O=C(C[C@@H]1C=CCC1)Nc1nc(-c2ccc(Cl)cc2)cs1. The number of carbonyl (C=O) groups is 1. The molecule has 0 radical (unpaired) electrons. The molecule has 3 rings (SSSR count). The summed E-state index contributed by atoms with van der Waals surface area (Å²) in [6, 6.07) is 7.51. The molecule has 0 aliphatic heterocycles. The van der Waals surface area contributed by atoms with Crippen LogP contribution in [0.4, 0.5) is 5.13 Å². The quantitative estimate of drug-likeness (QED) is 0.826. The summed E-state index contributed by atoms with van der Waals surface area (Å²) in [6.07, 6.45) is 6.95. The minimum absolute atomic E-state index is 0.0311. The van der Waals surface area contributed by atoms with Gasteiger partial charge >= 0.3 is 0 Å². The van der Waals surface area contributed by atoms with Crippen LogP contribution >= 0.6 is 22.9 Å². The zero-order valence-corrected chi connectivity index (χ0v) is 13.0. The van der Waals surface area contributed by atoms with Gasteiger partial charge in [-0.15, -0.1) is 11.3 Å². The van der Waals surface area contributed by atoms with E-state index in [9.17, 15) is 4.79 Å². The van der Waals surface area contributed by atoms with E-state index in [-0.39, 0.29) is 5.91 Å². The number of thiazole rings is 1. The van der Waals surface area contributed by atoms with Crippen LogP contribution in [0.1, 0.15) is 19.3 Å². The number of allylic oxidation sites excluding steroid dienone is 2. The molecule has 0 saturated carbocycles. The summed E-state index contributed by atoms with van der Waals surface area (Å²) in [6.45, 7) is 0. The van der Waals surface area contributed by atoms with Crippen LogP contribution in [-0.4, -0.2) is 10.9 Å². The van der Waals surface area contributed by atoms with E-state index in [2.05, 4.69) is 22.5 Å². The van der Waals surface area contributed by atoms with Crippen molar-refractivity contribution < 1.29 is 4.79 Å². The minimum Gasteiger partial charge on any atom is -0.302 e. The molecule has 1 aliphatic carbocycles. The molecular formula is C16H15ClN2OS. The normalized spacial score (nSPS) is 17.1. The van der Waals surface area contributed by atoms with E-state index in [1.54, 1.807) is 0 Å². The van der Waals surface area contributed by atoms with Gasteiger partial charge in [-0.3, -0.25) is 4.79 Å². The van der Waals surface area contributed by atoms with Gasteiger partial charge in [-0.05, 0) is 30.9 Å². The molecule has 1 atom stereocenters. The topological polar surface area (TPSA) is 42.0 Å². The first-order valence-corrected chi connectivity index (χ1v) is 8.14. The molecule has 1 aromatic carbocycles. The van der Waals surface area contributed by atoms with Gasteiger partial charge in [0.1, 0.15) is 0 Å². The second kappa shape index (κ2) is 6.41. The van der Waals surface area contributed by atoms with Crippen LogP contribution in [0, 0.1) is 5.92 Å². The van der Waals surface area contributed by atoms with Crippen molar-refractivity contribution in [1.29, 1.82) is 0 Å². The van der Waals surface area contributed by atoms with Crippen molar-refractivity contribution in [3.8, 4) is 11.3 Å². The van der Waals surface area contributed by atoms with Crippen molar-refractivity contribution in [3.05, 3.63) is 46.8 Å². The number of hydrogen-bond donors (Lipinski definition) is 1. The number of rotatable bonds is 4. The fourth-order valence-corrected chi connectivity index (χ4v) is 3.22. The first kappa shape index (κ1) is 14.3. The molecule has 1 aromatic heterocycles. The van der Waals surface area contributed by atoms with Gasteiger partial charge in [-0.1, -0.05) is 35.9 Å². The van der Waals surface area contributed by atoms with E-state index < -0.39 is 0 Å². The molecule has 108 valence electrons. The number of hydrogen-bond acceptors (Lipinski definition) is 3. The van der Waals surface area contributed by atoms with Gasteiger partial charge in [0.05, 0.1) is 5.69 Å². The predicted molar refractivity (Wildman–Crippen MR) is 87.7 cm³/mol. The van der Waals surface area contributed by atoms with Crippen LogP contribution in [0.5, 0.6) is 0 Å². The fourth-order valence-electron chi connectivity index (χ4n) is 2.36. The monoisotopic (exact) mass is 318 g/mol. The van der Waals surface area contributed by atoms with Gasteiger partial charge in [0.2, 0.25) is 5.91 Å². The van der Waals surface area contributed by atoms with Gasteiger partial charge in [-0.25, -0.2) is 4.98 Å². The summed E-state index contributed by atoms with van der Waals surface area (Å²) >= 11 is 7.31. The van der Waals surface area contributed by atoms with Crippen LogP contribution in [-0.2, 0) is 4.79 Å². The maximum atomic E-state index is 12.0. The van der Waals surface area contributed by atoms with Crippen molar-refractivity contribution >= 4 is 34.0 Å². The van der Waals surface area contributed by atoms with Crippen LogP contribution < -0.4 is 5.32 Å². The molecule has 0 unspecified atom stereocenters. The van der Waals surface area contributed by atoms with Gasteiger partial charge < -0.3 is 5.32 Å². The van der Waals surface area contributed by atoms with Crippen LogP contribution in [0.15, 0.2) is 41.8 Å². The molecule has 3 nitrogen and oxygen atoms in total. The van der Waals surface area contributed by atoms with E-state index in [0.717, 1.165) is 24.1 Å². The van der Waals surface area contributed by atoms with Crippen LogP contribution in [0.3, 0.4) is 0 Å². The van der Waals surface area contributed by atoms with E-state index in [1.807, 2.05) is 29.6 Å². The largest absolute Gasteiger partial charge is 0.302 e. The highest BCUT2D eigenvalue weighted by molar-refractivity contribution is 7.14. The molecule has 21 heavy (non-hydrogen) atoms. The third-order valence-electron chi connectivity index (χ3n) is 3.45. The lowest BCUT2D eigenvalue weighted by molar-refractivity contribution is -0.116. The number of nitrogens with one attached hydrogen (secondary N) is 1. The Morgan fingerprint density at radius 3 is 2.90 bits per heavy atom. The molecule has 1 heterocycles. The lowest BCUT2D eigenvalue weighted by atomic mass is 10.1. The molecule has 2 aromatic rings. The third kappa shape index (κ3) is 3.71. The van der Waals surface area contributed by atoms with Crippen molar-refractivity contribution in [2.75, 3.05) is 5.32 Å². The highest BCUT2D eigenvalue weighted by atomic mass is 35.5. The molecule has 0 bridgehead atoms. The van der Waals surface area contributed by atoms with Gasteiger partial charge in [0.15, 0.2) is 5.13 Å². The smallest absolute Gasteiger partial charge is 0.226 e. The molecule has 5 heteroatoms. The first-order chi connectivity index (χ1) is 10.2. The fraction of sp³-hybridized carbons (Fsp3) is 0.250. The Morgan fingerprint density at radius 2 is 2.19 bits per heavy atom. The number of anilines is 1. The van der Waals surface area contributed by atoms with E-state index in [0.29, 0.717) is 22.5 Å². The second-order valence-electron chi connectivity index (χ2n) is 5.06. The molecule has 1 amide bonds. The number of halogens is 1. The summed E-state index contributed by atoms with van der Waals surface area (Å²) in [5.41, 5.74) is 1.85. The van der Waals surface area contributed by atoms with Gasteiger partial charge in [0.25, 0.3) is 0 Å². The number of amides is 1. The van der Waals surface area contributed by atoms with E-state index in [4.69, 9.17) is 11.6 Å². The zero-order valence-electron chi connectivity index (χ0n) is 11.4. The number of aromatic nitrogens is 1. The highest BCUT2D eigenvalue weighted by Crippen LogP contribution is 2.27. The Labute approximate surface area is 132 Å². The Balaban J connectivity index is 1.63. The summed E-state index contributed by atoms with van der Waals surface area (Å²) in [4.78, 5) is 16.4. The molecule has 1 N–H and O–H groups in total. The highest BCUT2D eigenvalue weighted by Gasteiger charge is 2.15. The maximum absolute atomic E-state index is 12.0. The molecule has 0 saturated heterocycles. The molecule has 1 aliphatic rings. The van der Waals surface area contributed by atoms with Crippen molar-refractivity contribution in [3.63, 3.8) is 0 Å². The summed E-state index contributed by atoms with van der Waals surface area (Å²) < 4.78 is 0. The second-order valence-corrected chi connectivity index (χ2v) is 6.36. The first-order valence-electron chi connectivity index (χ1n) is 6.89. The third-order valence-corrected chi connectivity index (χ3v) is 4.46. The standard InChI is InChI=1S/C16H15ClN2OS/c17-13-7-5-12(6-8-13)14-10-21-16(18-14)19-15(20)9-11-3-1-2-4-11/h1,3,5-8,10-11H,2,4,9H2,(H,18,19,20)/t11-/m1/s1. The lowest BCUT2D eigenvalue weighted by Crippen LogP contribution is -2.14. The Hall–Kier alpha value is -1.65. The Bertz CT molecular complexity index is 663. The van der Waals surface area contributed by atoms with E-state index in [1.165, 1.54) is 11.3 Å². The van der Waals surface area contributed by atoms with Crippen molar-refractivity contribution in [1.82, 2.24) is 4.98 Å². The predicted octanol–water partition coefficient (Wildman–Crippen LogP) is 4.76. The molecule has 0 fully saturated rings. The Kier molecular flexibility index (Phi) is 4.36. The summed E-state index contributed by atoms with van der Waals surface area (Å²) in [7, 11) is 0. The lowest BCUT2D eigenvalue weighted by Gasteiger charge is -2.06. The molecular weight excluding hydrogens is 304 g/mol. The number of carbonyl (C=O) groups excluding carboxylic acids is 1. The Morgan fingerprint density at radius 1 is 1.38 bits per heavy atom. The maximum Gasteiger partial charge on any atom is 0.226 e. The van der Waals surface area contributed by atoms with Gasteiger partial charge in [0, 0.05) is 22.4 Å². The summed E-state index contributed by atoms with van der Waals surface area (Å²) in [5.74, 6) is 0.407. The van der Waals surface area contributed by atoms with Gasteiger partial charge in [-0.2, -0.15) is 0 Å². The van der Waals surface area contributed by atoms with Crippen molar-refractivity contribution in [2.45, 2.75) is 19.3 Å². The summed E-state index contributed by atoms with van der Waals surface area (Å²) in [5, 5.41) is 6.16. The molecule has 0 spiro atoms. The van der Waals surface area contributed by atoms with Crippen LogP contribution in [0.2, 0.25) is 5.02 Å².